The number of fused-ring (bicyclic) bond motifs is 1. The summed E-state index contributed by atoms with van der Waals surface area (Å²) in [6, 6.07) is 14.4. The summed E-state index contributed by atoms with van der Waals surface area (Å²) in [6.07, 6.45) is 7.72. The molecule has 0 aliphatic carbocycles. The Morgan fingerprint density at radius 1 is 0.953 bits per heavy atom. The zero-order valence-corrected chi connectivity index (χ0v) is 26.0. The van der Waals surface area contributed by atoms with Crippen molar-refractivity contribution < 1.29 is 29.2 Å². The Morgan fingerprint density at radius 2 is 1.70 bits per heavy atom. The molecule has 3 heterocycles. The van der Waals surface area contributed by atoms with Crippen LogP contribution in [0.25, 0.3) is 0 Å². The molecule has 3 N–H and O–H groups in total. The van der Waals surface area contributed by atoms with Gasteiger partial charge in [0.15, 0.2) is 0 Å². The number of hydrogen-bond acceptors (Lipinski definition) is 9. The molecule has 0 radical (unpaired) electrons. The lowest BCUT2D eigenvalue weighted by molar-refractivity contribution is 0.172. The predicted molar refractivity (Wildman–Crippen MR) is 169 cm³/mol. The van der Waals surface area contributed by atoms with Gasteiger partial charge in [-0.25, -0.2) is 4.98 Å². The van der Waals surface area contributed by atoms with Crippen molar-refractivity contribution in [3.63, 3.8) is 0 Å². The highest BCUT2D eigenvalue weighted by atomic mass is 16.5. The van der Waals surface area contributed by atoms with Crippen molar-refractivity contribution >= 4 is 5.69 Å². The van der Waals surface area contributed by atoms with Gasteiger partial charge in [0.25, 0.3) is 0 Å². The maximum Gasteiger partial charge on any atom is 0.142 e. The number of nitrogens with zero attached hydrogens (tertiary/aromatic N) is 3. The molecule has 0 saturated carbocycles. The van der Waals surface area contributed by atoms with Crippen molar-refractivity contribution in [3.8, 4) is 11.5 Å². The van der Waals surface area contributed by atoms with Gasteiger partial charge >= 0.3 is 0 Å². The second-order valence-corrected chi connectivity index (χ2v) is 10.6. The summed E-state index contributed by atoms with van der Waals surface area (Å²) in [5, 5.41) is 21.1. The number of ether oxygens (including phenoxy) is 4. The van der Waals surface area contributed by atoms with Crippen LogP contribution in [0.2, 0.25) is 0 Å². The summed E-state index contributed by atoms with van der Waals surface area (Å²) < 4.78 is 23.1. The lowest BCUT2D eigenvalue weighted by atomic mass is 9.90. The van der Waals surface area contributed by atoms with Crippen LogP contribution in [0, 0.1) is 0 Å². The molecule has 0 unspecified atom stereocenters. The van der Waals surface area contributed by atoms with Gasteiger partial charge in [0, 0.05) is 47.4 Å². The minimum atomic E-state index is 0.0660. The van der Waals surface area contributed by atoms with Crippen molar-refractivity contribution in [1.82, 2.24) is 14.9 Å². The summed E-state index contributed by atoms with van der Waals surface area (Å²) in [7, 11) is 5.28. The third-order valence-electron chi connectivity index (χ3n) is 7.47. The van der Waals surface area contributed by atoms with Crippen molar-refractivity contribution in [2.45, 2.75) is 44.8 Å². The van der Waals surface area contributed by atoms with E-state index in [1.807, 2.05) is 25.2 Å². The number of piperidine rings is 1. The monoisotopic (exact) mass is 598 g/mol. The van der Waals surface area contributed by atoms with E-state index in [9.17, 15) is 0 Å². The van der Waals surface area contributed by atoms with E-state index in [2.05, 4.69) is 39.5 Å². The van der Waals surface area contributed by atoms with Gasteiger partial charge in [0.05, 0.1) is 50.3 Å². The molecule has 10 nitrogen and oxygen atoms in total. The van der Waals surface area contributed by atoms with Crippen LogP contribution in [0.4, 0.5) is 5.69 Å². The van der Waals surface area contributed by atoms with E-state index in [4.69, 9.17) is 29.2 Å². The highest BCUT2D eigenvalue weighted by Gasteiger charge is 2.18. The van der Waals surface area contributed by atoms with Crippen LogP contribution in [0.3, 0.4) is 0 Å². The molecule has 0 amide bonds. The third-order valence-corrected chi connectivity index (χ3v) is 7.47. The van der Waals surface area contributed by atoms with Crippen molar-refractivity contribution in [1.29, 1.82) is 0 Å². The van der Waals surface area contributed by atoms with Gasteiger partial charge in [0.1, 0.15) is 18.1 Å². The number of rotatable bonds is 12. The van der Waals surface area contributed by atoms with Crippen LogP contribution >= 0.6 is 0 Å². The molecular weight excluding hydrogens is 548 g/mol. The first kappa shape index (κ1) is 34.3. The maximum atomic E-state index is 9.16. The predicted octanol–water partition coefficient (Wildman–Crippen LogP) is 3.90. The van der Waals surface area contributed by atoms with Crippen LogP contribution in [0.15, 0.2) is 55.0 Å². The molecule has 0 bridgehead atoms. The Balaban J connectivity index is 0.000000189. The van der Waals surface area contributed by atoms with E-state index in [-0.39, 0.29) is 13.2 Å². The molecule has 5 rings (SSSR count). The second-order valence-electron chi connectivity index (χ2n) is 10.6. The van der Waals surface area contributed by atoms with Crippen LogP contribution < -0.4 is 19.7 Å². The maximum absolute atomic E-state index is 9.16. The lowest BCUT2D eigenvalue weighted by Crippen LogP contribution is -2.34. The van der Waals surface area contributed by atoms with Crippen LogP contribution in [0.1, 0.15) is 48.4 Å². The smallest absolute Gasteiger partial charge is 0.142 e. The number of aryl methyl sites for hydroxylation is 1. The van der Waals surface area contributed by atoms with Crippen molar-refractivity contribution in [3.05, 3.63) is 71.8 Å². The molecule has 2 aliphatic heterocycles. The average Bonchev–Trinajstić information content (AvgIpc) is 3.49. The van der Waals surface area contributed by atoms with Gasteiger partial charge in [0.2, 0.25) is 0 Å². The molecule has 238 valence electrons. The minimum Gasteiger partial charge on any atom is -0.494 e. The molecule has 2 aliphatic rings. The van der Waals surface area contributed by atoms with Gasteiger partial charge in [-0.1, -0.05) is 18.2 Å². The van der Waals surface area contributed by atoms with Gasteiger partial charge in [-0.05, 0) is 73.7 Å². The summed E-state index contributed by atoms with van der Waals surface area (Å²) in [6.45, 7) is 7.23. The highest BCUT2D eigenvalue weighted by Crippen LogP contribution is 2.32. The van der Waals surface area contributed by atoms with Crippen molar-refractivity contribution in [2.24, 2.45) is 7.05 Å². The van der Waals surface area contributed by atoms with Gasteiger partial charge < -0.3 is 43.9 Å². The fourth-order valence-electron chi connectivity index (χ4n) is 4.97. The van der Waals surface area contributed by atoms with E-state index in [0.717, 1.165) is 93.9 Å². The SMILES string of the molecule is COCCCN1CCOc2ccc(CO)cc21.COCCCOc1ccc(C2CCNCC2)cc1.Cn1cncc1CO. The minimum absolute atomic E-state index is 0.0660. The summed E-state index contributed by atoms with van der Waals surface area (Å²) >= 11 is 0. The Kier molecular flexibility index (Phi) is 15.9. The fourth-order valence-corrected chi connectivity index (χ4v) is 4.97. The zero-order valence-electron chi connectivity index (χ0n) is 26.0. The van der Waals surface area contributed by atoms with E-state index in [1.165, 1.54) is 18.4 Å². The Labute approximate surface area is 256 Å². The number of nitrogens with one attached hydrogen (secondary N) is 1. The Bertz CT molecular complexity index is 1150. The van der Waals surface area contributed by atoms with E-state index < -0.39 is 0 Å². The Hall–Kier alpha value is -3.15. The molecule has 1 fully saturated rings. The van der Waals surface area contributed by atoms with Crippen molar-refractivity contribution in [2.75, 3.05) is 71.7 Å². The quantitative estimate of drug-likeness (QED) is 0.268. The van der Waals surface area contributed by atoms with E-state index >= 15 is 0 Å². The van der Waals surface area contributed by atoms with E-state index in [0.29, 0.717) is 5.92 Å². The van der Waals surface area contributed by atoms with E-state index in [1.54, 1.807) is 31.3 Å². The number of benzene rings is 2. The molecule has 3 aromatic rings. The first-order chi connectivity index (χ1) is 21.1. The van der Waals surface area contributed by atoms with Gasteiger partial charge in [-0.3, -0.25) is 0 Å². The van der Waals surface area contributed by atoms with Crippen LogP contribution in [-0.2, 0) is 29.7 Å². The van der Waals surface area contributed by atoms with Crippen LogP contribution in [-0.4, -0.2) is 86.6 Å². The highest BCUT2D eigenvalue weighted by molar-refractivity contribution is 5.61. The molecule has 10 heteroatoms. The number of imidazole rings is 1. The number of methoxy groups -OCH3 is 2. The van der Waals surface area contributed by atoms with Gasteiger partial charge in [-0.15, -0.1) is 0 Å². The number of aromatic nitrogens is 2. The summed E-state index contributed by atoms with van der Waals surface area (Å²) in [5.41, 5.74) is 4.29. The fraction of sp³-hybridized carbons (Fsp3) is 0.545. The molecule has 1 saturated heterocycles. The molecule has 0 atom stereocenters. The van der Waals surface area contributed by atoms with Crippen LogP contribution in [0.5, 0.6) is 11.5 Å². The molecule has 2 aromatic carbocycles. The first-order valence-corrected chi connectivity index (χ1v) is 15.2. The molecule has 43 heavy (non-hydrogen) atoms. The Morgan fingerprint density at radius 3 is 2.33 bits per heavy atom. The number of hydrogen-bond donors (Lipinski definition) is 3. The molecule has 0 spiro atoms. The second kappa shape index (κ2) is 19.9. The number of aliphatic hydroxyl groups is 2. The average molecular weight is 599 g/mol. The number of anilines is 1. The zero-order chi connectivity index (χ0) is 30.7. The molecule has 1 aromatic heterocycles. The number of aliphatic hydroxyl groups excluding tert-OH is 2. The lowest BCUT2D eigenvalue weighted by Gasteiger charge is -2.31. The topological polar surface area (TPSA) is 110 Å². The largest absolute Gasteiger partial charge is 0.494 e. The third kappa shape index (κ3) is 11.8. The van der Waals surface area contributed by atoms with Gasteiger partial charge in [-0.2, -0.15) is 0 Å². The molecular formula is C33H50N4O6. The summed E-state index contributed by atoms with van der Waals surface area (Å²) in [5.74, 6) is 2.59. The first-order valence-electron chi connectivity index (χ1n) is 15.2. The standard InChI is InChI=1S/C15H23NO2.C13H19NO3.C5H8N2O/c1-17-11-2-12-18-15-5-3-13(4-6-15)14-7-9-16-10-8-14;1-16-7-2-5-14-6-8-17-13-4-3-11(10-15)9-12(13)14;1-7-4-6-2-5(7)3-8/h3-6,14,16H,2,7-12H2,1H3;3-4,9,15H,2,5-8,10H2,1H3;2,4,8H,3H2,1H3. The normalized spacial score (nSPS) is 14.5. The summed E-state index contributed by atoms with van der Waals surface area (Å²) in [4.78, 5) is 6.08.